The number of carbonyl (C=O) groups is 1. The first-order valence-corrected chi connectivity index (χ1v) is 7.92. The van der Waals surface area contributed by atoms with E-state index in [9.17, 15) is 4.79 Å². The normalized spacial score (nSPS) is 18.2. The molecule has 1 aromatic carbocycles. The molecular formula is C14H18Cl3N2O2+. The van der Waals surface area contributed by atoms with Crippen molar-refractivity contribution in [1.29, 1.82) is 0 Å². The van der Waals surface area contributed by atoms with Gasteiger partial charge in [0, 0.05) is 0 Å². The Morgan fingerprint density at radius 3 is 2.43 bits per heavy atom. The molecule has 2 N–H and O–H groups in total. The molecule has 0 unspecified atom stereocenters. The van der Waals surface area contributed by atoms with Gasteiger partial charge in [-0.15, -0.1) is 0 Å². The van der Waals surface area contributed by atoms with Crippen LogP contribution in [0.2, 0.25) is 0 Å². The minimum atomic E-state index is -1.56. The molecule has 1 aliphatic heterocycles. The number of rotatable bonds is 4. The molecule has 21 heavy (non-hydrogen) atoms. The van der Waals surface area contributed by atoms with Crippen molar-refractivity contribution in [3.05, 3.63) is 35.9 Å². The predicted molar refractivity (Wildman–Crippen MR) is 83.9 cm³/mol. The van der Waals surface area contributed by atoms with Crippen molar-refractivity contribution in [2.24, 2.45) is 0 Å². The molecular weight excluding hydrogens is 335 g/mol. The fourth-order valence-corrected chi connectivity index (χ4v) is 2.96. The van der Waals surface area contributed by atoms with Gasteiger partial charge in [0.05, 0.1) is 19.6 Å². The Hall–Kier alpha value is -0.520. The van der Waals surface area contributed by atoms with Gasteiger partial charge in [0.2, 0.25) is 12.1 Å². The van der Waals surface area contributed by atoms with Gasteiger partial charge in [-0.1, -0.05) is 65.1 Å². The molecule has 1 aromatic rings. The minimum absolute atomic E-state index is 0.156. The third-order valence-corrected chi connectivity index (χ3v) is 4.04. The van der Waals surface area contributed by atoms with Crippen LogP contribution >= 0.6 is 34.8 Å². The first-order chi connectivity index (χ1) is 9.97. The Kier molecular flexibility index (Phi) is 6.14. The number of hydrogen-bond acceptors (Lipinski definition) is 2. The van der Waals surface area contributed by atoms with Gasteiger partial charge in [-0.2, -0.15) is 0 Å². The van der Waals surface area contributed by atoms with Crippen LogP contribution in [0.3, 0.4) is 0 Å². The van der Waals surface area contributed by atoms with E-state index in [1.54, 1.807) is 0 Å². The third kappa shape index (κ3) is 5.31. The molecule has 0 spiro atoms. The minimum Gasteiger partial charge on any atom is -0.370 e. The standard InChI is InChI=1S/C14H17Cl3N2O2/c15-14(16,17)13(19-6-8-21-9-7-19)18-12(20)10-11-4-2-1-3-5-11/h1-5,13H,6-10H2,(H,18,20)/p+1/t13-/m0/s1. The average molecular weight is 353 g/mol. The van der Waals surface area contributed by atoms with E-state index in [1.165, 1.54) is 0 Å². The molecule has 0 saturated carbocycles. The SMILES string of the molecule is O=C(Cc1ccccc1)N[C@@H]([NH+]1CCOCC1)C(Cl)(Cl)Cl. The molecule has 1 heterocycles. The lowest BCUT2D eigenvalue weighted by molar-refractivity contribution is -0.934. The summed E-state index contributed by atoms with van der Waals surface area (Å²) in [4.78, 5) is 13.2. The predicted octanol–water partition coefficient (Wildman–Crippen LogP) is 0.957. The van der Waals surface area contributed by atoms with Gasteiger partial charge in [0.25, 0.3) is 3.79 Å². The molecule has 1 fully saturated rings. The number of nitrogens with one attached hydrogen (secondary N) is 2. The smallest absolute Gasteiger partial charge is 0.262 e. The zero-order valence-corrected chi connectivity index (χ0v) is 13.7. The summed E-state index contributed by atoms with van der Waals surface area (Å²) in [6.45, 7) is 2.59. The maximum absolute atomic E-state index is 12.2. The summed E-state index contributed by atoms with van der Waals surface area (Å²) < 4.78 is 3.74. The van der Waals surface area contributed by atoms with Gasteiger partial charge in [-0.25, -0.2) is 0 Å². The second-order valence-corrected chi connectivity index (χ2v) is 7.34. The first kappa shape index (κ1) is 16.8. The Balaban J connectivity index is 1.99. The highest BCUT2D eigenvalue weighted by Crippen LogP contribution is 2.27. The van der Waals surface area contributed by atoms with E-state index >= 15 is 0 Å². The Morgan fingerprint density at radius 2 is 1.86 bits per heavy atom. The number of amides is 1. The molecule has 0 radical (unpaired) electrons. The van der Waals surface area contributed by atoms with Crippen molar-refractivity contribution in [1.82, 2.24) is 5.32 Å². The highest BCUT2D eigenvalue weighted by atomic mass is 35.6. The van der Waals surface area contributed by atoms with Crippen LogP contribution < -0.4 is 10.2 Å². The average Bonchev–Trinajstić information content (AvgIpc) is 2.45. The van der Waals surface area contributed by atoms with Crippen LogP contribution in [-0.4, -0.2) is 42.2 Å². The summed E-state index contributed by atoms with van der Waals surface area (Å²) in [5, 5.41) is 2.85. The molecule has 0 bridgehead atoms. The summed E-state index contributed by atoms with van der Waals surface area (Å²) in [6, 6.07) is 9.48. The summed E-state index contributed by atoms with van der Waals surface area (Å²) in [5.41, 5.74) is 0.926. The molecule has 7 heteroatoms. The van der Waals surface area contributed by atoms with Crippen molar-refractivity contribution in [3.63, 3.8) is 0 Å². The zero-order valence-electron chi connectivity index (χ0n) is 11.5. The van der Waals surface area contributed by atoms with Gasteiger partial charge >= 0.3 is 0 Å². The largest absolute Gasteiger partial charge is 0.370 e. The van der Waals surface area contributed by atoms with Crippen LogP contribution in [0.15, 0.2) is 30.3 Å². The monoisotopic (exact) mass is 351 g/mol. The fourth-order valence-electron chi connectivity index (χ4n) is 2.33. The van der Waals surface area contributed by atoms with Crippen LogP contribution in [0.4, 0.5) is 0 Å². The van der Waals surface area contributed by atoms with E-state index in [0.29, 0.717) is 26.3 Å². The van der Waals surface area contributed by atoms with Gasteiger partial charge in [-0.05, 0) is 5.56 Å². The van der Waals surface area contributed by atoms with Crippen molar-refractivity contribution in [2.75, 3.05) is 26.3 Å². The van der Waals surface area contributed by atoms with Crippen molar-refractivity contribution in [2.45, 2.75) is 16.4 Å². The zero-order chi connectivity index (χ0) is 15.3. The summed E-state index contributed by atoms with van der Waals surface area (Å²) >= 11 is 18.1. The lowest BCUT2D eigenvalue weighted by Gasteiger charge is -2.35. The topological polar surface area (TPSA) is 42.8 Å². The second-order valence-electron chi connectivity index (χ2n) is 4.98. The Bertz CT molecular complexity index is 459. The summed E-state index contributed by atoms with van der Waals surface area (Å²) in [7, 11) is 0. The second kappa shape index (κ2) is 7.65. The number of benzene rings is 1. The third-order valence-electron chi connectivity index (χ3n) is 3.38. The van der Waals surface area contributed by atoms with E-state index in [0.717, 1.165) is 10.5 Å². The molecule has 1 saturated heterocycles. The van der Waals surface area contributed by atoms with Crippen LogP contribution in [0.1, 0.15) is 5.56 Å². The maximum atomic E-state index is 12.2. The molecule has 116 valence electrons. The number of morpholine rings is 1. The molecule has 4 nitrogen and oxygen atoms in total. The van der Waals surface area contributed by atoms with Gasteiger partial charge in [-0.3, -0.25) is 4.79 Å². The van der Waals surface area contributed by atoms with E-state index in [2.05, 4.69) is 5.32 Å². The molecule has 0 aliphatic carbocycles. The first-order valence-electron chi connectivity index (χ1n) is 6.79. The summed E-state index contributed by atoms with van der Waals surface area (Å²) in [6.07, 6.45) is -0.315. The summed E-state index contributed by atoms with van der Waals surface area (Å²) in [5.74, 6) is -0.156. The number of alkyl halides is 3. The van der Waals surface area contributed by atoms with Crippen molar-refractivity contribution < 1.29 is 14.4 Å². The molecule has 1 aliphatic rings. The van der Waals surface area contributed by atoms with E-state index in [4.69, 9.17) is 39.5 Å². The molecule has 1 atom stereocenters. The molecule has 0 aromatic heterocycles. The van der Waals surface area contributed by atoms with Crippen molar-refractivity contribution >= 4 is 40.7 Å². The number of ether oxygens (including phenoxy) is 1. The van der Waals surface area contributed by atoms with Gasteiger partial charge in [0.1, 0.15) is 13.1 Å². The van der Waals surface area contributed by atoms with Gasteiger partial charge < -0.3 is 15.0 Å². The number of hydrogen-bond donors (Lipinski definition) is 2. The molecule has 2 rings (SSSR count). The van der Waals surface area contributed by atoms with Crippen LogP contribution in [-0.2, 0) is 16.0 Å². The van der Waals surface area contributed by atoms with Crippen LogP contribution in [0.25, 0.3) is 0 Å². The van der Waals surface area contributed by atoms with E-state index in [-0.39, 0.29) is 12.3 Å². The Labute approximate surface area is 139 Å². The fraction of sp³-hybridized carbons (Fsp3) is 0.500. The highest BCUT2D eigenvalue weighted by molar-refractivity contribution is 6.68. The Morgan fingerprint density at radius 1 is 1.24 bits per heavy atom. The lowest BCUT2D eigenvalue weighted by Crippen LogP contribution is -3.21. The number of carbonyl (C=O) groups excluding carboxylic acids is 1. The van der Waals surface area contributed by atoms with Crippen molar-refractivity contribution in [3.8, 4) is 0 Å². The van der Waals surface area contributed by atoms with Gasteiger partial charge in [0.15, 0.2) is 0 Å². The number of quaternary nitrogens is 1. The van der Waals surface area contributed by atoms with Crippen LogP contribution in [0.5, 0.6) is 0 Å². The highest BCUT2D eigenvalue weighted by Gasteiger charge is 2.42. The number of halogens is 3. The van der Waals surface area contributed by atoms with E-state index < -0.39 is 9.96 Å². The van der Waals surface area contributed by atoms with E-state index in [1.807, 2.05) is 30.3 Å². The maximum Gasteiger partial charge on any atom is 0.262 e. The quantitative estimate of drug-likeness (QED) is 0.793. The lowest BCUT2D eigenvalue weighted by atomic mass is 10.1. The van der Waals surface area contributed by atoms with Crippen LogP contribution in [0, 0.1) is 0 Å². The molecule has 1 amide bonds.